The summed E-state index contributed by atoms with van der Waals surface area (Å²) in [6, 6.07) is 7.63. The van der Waals surface area contributed by atoms with Crippen LogP contribution in [0.15, 0.2) is 29.3 Å². The van der Waals surface area contributed by atoms with Gasteiger partial charge in [-0.2, -0.15) is 0 Å². The van der Waals surface area contributed by atoms with Gasteiger partial charge in [0.05, 0.1) is 6.26 Å². The molecule has 0 aliphatic rings. The molecule has 164 valence electrons. The van der Waals surface area contributed by atoms with Crippen LogP contribution in [0.3, 0.4) is 0 Å². The Balaban J connectivity index is 2.55. The van der Waals surface area contributed by atoms with Gasteiger partial charge < -0.3 is 15.5 Å². The maximum atomic E-state index is 12.1. The summed E-state index contributed by atoms with van der Waals surface area (Å²) in [6.07, 6.45) is 2.65. The van der Waals surface area contributed by atoms with Gasteiger partial charge in [-0.3, -0.25) is 9.79 Å². The summed E-state index contributed by atoms with van der Waals surface area (Å²) < 4.78 is 24.7. The van der Waals surface area contributed by atoms with E-state index in [9.17, 15) is 13.2 Å². The number of benzene rings is 1. The standard InChI is InChI=1S/C20H35N5O3S/c1-6-21-20(22-13-9-15-25(7-2)29(5,27)28)23-14-12-17-10-8-11-18(16-17)19(26)24(3)4/h8,10-11,16H,6-7,9,12-15H2,1-5H3,(H2,21,22,23). The molecule has 0 aliphatic carbocycles. The van der Waals surface area contributed by atoms with Crippen molar-refractivity contribution in [2.24, 2.45) is 4.99 Å². The molecular weight excluding hydrogens is 390 g/mol. The van der Waals surface area contributed by atoms with Gasteiger partial charge in [-0.1, -0.05) is 19.1 Å². The Kier molecular flexibility index (Phi) is 10.7. The van der Waals surface area contributed by atoms with Gasteiger partial charge in [-0.25, -0.2) is 12.7 Å². The summed E-state index contributed by atoms with van der Waals surface area (Å²) in [7, 11) is 0.324. The second kappa shape index (κ2) is 12.4. The Morgan fingerprint density at radius 1 is 1.17 bits per heavy atom. The van der Waals surface area contributed by atoms with Crippen molar-refractivity contribution in [3.05, 3.63) is 35.4 Å². The summed E-state index contributed by atoms with van der Waals surface area (Å²) >= 11 is 0. The first-order chi connectivity index (χ1) is 13.7. The lowest BCUT2D eigenvalue weighted by molar-refractivity contribution is 0.0827. The summed E-state index contributed by atoms with van der Waals surface area (Å²) in [5, 5.41) is 6.48. The molecule has 2 N–H and O–H groups in total. The van der Waals surface area contributed by atoms with E-state index in [1.807, 2.05) is 38.1 Å². The lowest BCUT2D eigenvalue weighted by Gasteiger charge is -2.17. The Morgan fingerprint density at radius 2 is 1.90 bits per heavy atom. The third kappa shape index (κ3) is 9.27. The molecule has 0 fully saturated rings. The van der Waals surface area contributed by atoms with Gasteiger partial charge in [-0.15, -0.1) is 0 Å². The van der Waals surface area contributed by atoms with Gasteiger partial charge in [-0.05, 0) is 37.5 Å². The smallest absolute Gasteiger partial charge is 0.253 e. The van der Waals surface area contributed by atoms with Crippen molar-refractivity contribution < 1.29 is 13.2 Å². The van der Waals surface area contributed by atoms with Crippen molar-refractivity contribution in [1.29, 1.82) is 0 Å². The fraction of sp³-hybridized carbons (Fsp3) is 0.600. The molecule has 1 rings (SSSR count). The van der Waals surface area contributed by atoms with E-state index in [4.69, 9.17) is 0 Å². The third-order valence-electron chi connectivity index (χ3n) is 4.29. The molecule has 1 aromatic rings. The number of nitrogens with zero attached hydrogens (tertiary/aromatic N) is 3. The zero-order valence-electron chi connectivity index (χ0n) is 18.2. The van der Waals surface area contributed by atoms with Crippen molar-refractivity contribution in [3.63, 3.8) is 0 Å². The summed E-state index contributed by atoms with van der Waals surface area (Å²) in [6.45, 7) is 6.71. The minimum Gasteiger partial charge on any atom is -0.357 e. The Hall–Kier alpha value is -2.13. The number of sulfonamides is 1. The first kappa shape index (κ1) is 24.9. The number of carbonyl (C=O) groups excluding carboxylic acids is 1. The summed E-state index contributed by atoms with van der Waals surface area (Å²) in [5.74, 6) is 0.695. The monoisotopic (exact) mass is 425 g/mol. The zero-order valence-corrected chi connectivity index (χ0v) is 19.1. The van der Waals surface area contributed by atoms with E-state index in [2.05, 4.69) is 15.6 Å². The van der Waals surface area contributed by atoms with Crippen LogP contribution < -0.4 is 10.6 Å². The number of hydrogen-bond acceptors (Lipinski definition) is 4. The number of carbonyl (C=O) groups is 1. The number of hydrogen-bond donors (Lipinski definition) is 2. The van der Waals surface area contributed by atoms with E-state index < -0.39 is 10.0 Å². The fourth-order valence-corrected chi connectivity index (χ4v) is 3.71. The molecule has 0 spiro atoms. The number of amides is 1. The highest BCUT2D eigenvalue weighted by Gasteiger charge is 2.13. The van der Waals surface area contributed by atoms with Crippen molar-refractivity contribution in [2.75, 3.05) is 53.1 Å². The average Bonchev–Trinajstić information content (AvgIpc) is 2.66. The van der Waals surface area contributed by atoms with Gasteiger partial charge in [0.15, 0.2) is 5.96 Å². The van der Waals surface area contributed by atoms with Crippen LogP contribution in [0.2, 0.25) is 0 Å². The van der Waals surface area contributed by atoms with Crippen LogP contribution in [-0.2, 0) is 16.4 Å². The highest BCUT2D eigenvalue weighted by molar-refractivity contribution is 7.88. The maximum Gasteiger partial charge on any atom is 0.253 e. The Morgan fingerprint density at radius 3 is 2.48 bits per heavy atom. The molecule has 1 amide bonds. The van der Waals surface area contributed by atoms with Crippen molar-refractivity contribution in [2.45, 2.75) is 26.7 Å². The van der Waals surface area contributed by atoms with Gasteiger partial charge in [0.1, 0.15) is 0 Å². The predicted octanol–water partition coefficient (Wildman–Crippen LogP) is 1.16. The third-order valence-corrected chi connectivity index (χ3v) is 5.67. The molecule has 29 heavy (non-hydrogen) atoms. The first-order valence-electron chi connectivity index (χ1n) is 9.96. The van der Waals surface area contributed by atoms with Crippen molar-refractivity contribution in [1.82, 2.24) is 19.8 Å². The van der Waals surface area contributed by atoms with Crippen LogP contribution >= 0.6 is 0 Å². The topological polar surface area (TPSA) is 94.1 Å². The molecule has 8 nitrogen and oxygen atoms in total. The molecule has 0 aromatic heterocycles. The molecule has 0 bridgehead atoms. The molecular formula is C20H35N5O3S. The zero-order chi connectivity index (χ0) is 21.9. The van der Waals surface area contributed by atoms with Gasteiger partial charge in [0.2, 0.25) is 10.0 Å². The SMILES string of the molecule is CCNC(=NCCCN(CC)S(C)(=O)=O)NCCc1cccc(C(=O)N(C)C)c1. The number of nitrogens with one attached hydrogen (secondary N) is 2. The maximum absolute atomic E-state index is 12.1. The molecule has 0 saturated heterocycles. The van der Waals surface area contributed by atoms with Gasteiger partial charge in [0, 0.05) is 52.4 Å². The van der Waals surface area contributed by atoms with Crippen molar-refractivity contribution in [3.8, 4) is 0 Å². The minimum atomic E-state index is -3.16. The molecule has 0 saturated carbocycles. The van der Waals surface area contributed by atoms with Gasteiger partial charge >= 0.3 is 0 Å². The number of guanidine groups is 1. The van der Waals surface area contributed by atoms with Gasteiger partial charge in [0.25, 0.3) is 5.91 Å². The molecule has 9 heteroatoms. The van der Waals surface area contributed by atoms with Crippen LogP contribution in [0.4, 0.5) is 0 Å². The minimum absolute atomic E-state index is 0.00933. The van der Waals surface area contributed by atoms with Crippen LogP contribution in [0.5, 0.6) is 0 Å². The Labute approximate surface area is 175 Å². The van der Waals surface area contributed by atoms with Crippen molar-refractivity contribution >= 4 is 21.9 Å². The van der Waals surface area contributed by atoms with Crippen LogP contribution in [0.1, 0.15) is 36.2 Å². The van der Waals surface area contributed by atoms with E-state index >= 15 is 0 Å². The fourth-order valence-electron chi connectivity index (χ4n) is 2.78. The largest absolute Gasteiger partial charge is 0.357 e. The van der Waals surface area contributed by atoms with E-state index in [1.165, 1.54) is 10.6 Å². The number of rotatable bonds is 11. The lowest BCUT2D eigenvalue weighted by atomic mass is 10.1. The Bertz CT molecular complexity index is 778. The molecule has 0 radical (unpaired) electrons. The van der Waals surface area contributed by atoms with E-state index in [0.717, 1.165) is 18.5 Å². The lowest BCUT2D eigenvalue weighted by Crippen LogP contribution is -2.38. The summed E-state index contributed by atoms with van der Waals surface area (Å²) in [4.78, 5) is 18.2. The quantitative estimate of drug-likeness (QED) is 0.315. The summed E-state index contributed by atoms with van der Waals surface area (Å²) in [5.41, 5.74) is 1.76. The van der Waals surface area contributed by atoms with E-state index in [-0.39, 0.29) is 5.91 Å². The second-order valence-corrected chi connectivity index (χ2v) is 8.93. The normalized spacial score (nSPS) is 12.1. The van der Waals surface area contributed by atoms with Crippen LogP contribution in [-0.4, -0.2) is 82.6 Å². The molecule has 0 heterocycles. The highest BCUT2D eigenvalue weighted by atomic mass is 32.2. The second-order valence-electron chi connectivity index (χ2n) is 6.95. The van der Waals surface area contributed by atoms with Crippen LogP contribution in [0, 0.1) is 0 Å². The number of aliphatic imine (C=N–C) groups is 1. The van der Waals surface area contributed by atoms with Crippen LogP contribution in [0.25, 0.3) is 0 Å². The van der Waals surface area contributed by atoms with E-state index in [0.29, 0.717) is 44.1 Å². The average molecular weight is 426 g/mol. The predicted molar refractivity (Wildman–Crippen MR) is 119 cm³/mol. The molecule has 0 atom stereocenters. The highest BCUT2D eigenvalue weighted by Crippen LogP contribution is 2.07. The molecule has 0 unspecified atom stereocenters. The molecule has 0 aliphatic heterocycles. The first-order valence-corrected chi connectivity index (χ1v) is 11.8. The van der Waals surface area contributed by atoms with E-state index in [1.54, 1.807) is 19.0 Å². The molecule has 1 aromatic carbocycles.